The van der Waals surface area contributed by atoms with Gasteiger partial charge < -0.3 is 14.8 Å². The van der Waals surface area contributed by atoms with E-state index in [1.54, 1.807) is 7.11 Å². The normalized spacial score (nSPS) is 11.4. The summed E-state index contributed by atoms with van der Waals surface area (Å²) in [6.07, 6.45) is 0. The molecule has 0 aliphatic heterocycles. The summed E-state index contributed by atoms with van der Waals surface area (Å²) in [5.41, 5.74) is 3.37. The minimum absolute atomic E-state index is 0.0244. The molecule has 0 radical (unpaired) electrons. The van der Waals surface area contributed by atoms with Gasteiger partial charge in [0.25, 0.3) is 0 Å². The third kappa shape index (κ3) is 5.15. The molecule has 0 spiro atoms. The molecule has 0 saturated carbocycles. The minimum Gasteiger partial charge on any atom is -0.493 e. The second kappa shape index (κ2) is 7.91. The molecule has 0 bridgehead atoms. The molecule has 0 fully saturated rings. The van der Waals surface area contributed by atoms with Crippen LogP contribution in [-0.4, -0.2) is 12.6 Å². The highest BCUT2D eigenvalue weighted by molar-refractivity contribution is 6.31. The Kier molecular flexibility index (Phi) is 6.14. The molecule has 2 aromatic rings. The van der Waals surface area contributed by atoms with E-state index in [1.807, 2.05) is 24.3 Å². The van der Waals surface area contributed by atoms with Crippen molar-refractivity contribution < 1.29 is 9.47 Å². The first-order valence-corrected chi connectivity index (χ1v) is 8.46. The molecule has 0 heterocycles. The van der Waals surface area contributed by atoms with Crippen LogP contribution in [0.2, 0.25) is 5.02 Å². The Hall–Kier alpha value is -1.71. The molecule has 0 amide bonds. The first-order chi connectivity index (χ1) is 11.3. The summed E-state index contributed by atoms with van der Waals surface area (Å²) in [6.45, 7) is 9.60. The van der Waals surface area contributed by atoms with Crippen molar-refractivity contribution >= 4 is 11.6 Å². The third-order valence-electron chi connectivity index (χ3n) is 3.79. The average Bonchev–Trinajstić information content (AvgIpc) is 2.52. The van der Waals surface area contributed by atoms with Crippen molar-refractivity contribution in [1.29, 1.82) is 0 Å². The summed E-state index contributed by atoms with van der Waals surface area (Å²) in [5.74, 6) is 1.35. The number of halogens is 1. The Morgan fingerprint density at radius 1 is 1.04 bits per heavy atom. The van der Waals surface area contributed by atoms with E-state index in [1.165, 1.54) is 5.56 Å². The number of hydrogen-bond acceptors (Lipinski definition) is 3. The Morgan fingerprint density at radius 2 is 1.75 bits per heavy atom. The Morgan fingerprint density at radius 3 is 2.38 bits per heavy atom. The van der Waals surface area contributed by atoms with Gasteiger partial charge in [-0.05, 0) is 50.5 Å². The second-order valence-electron chi connectivity index (χ2n) is 6.91. The number of rotatable bonds is 6. The molecule has 0 unspecified atom stereocenters. The maximum absolute atomic E-state index is 6.42. The quantitative estimate of drug-likeness (QED) is 0.786. The smallest absolute Gasteiger partial charge is 0.163 e. The van der Waals surface area contributed by atoms with E-state index in [0.29, 0.717) is 29.7 Å². The number of ether oxygens (including phenoxy) is 2. The zero-order valence-corrected chi connectivity index (χ0v) is 15.8. The Balaban J connectivity index is 2.15. The molecule has 0 aliphatic rings. The van der Waals surface area contributed by atoms with Crippen LogP contribution in [0.4, 0.5) is 0 Å². The SMILES string of the molecule is COc1cc(CNC(C)(C)C)c(Cl)cc1OCc1ccccc1C. The fourth-order valence-electron chi connectivity index (χ4n) is 2.27. The molecule has 3 nitrogen and oxygen atoms in total. The molecule has 0 aromatic heterocycles. The lowest BCUT2D eigenvalue weighted by atomic mass is 10.1. The summed E-state index contributed by atoms with van der Waals surface area (Å²) in [4.78, 5) is 0. The molecule has 0 atom stereocenters. The first kappa shape index (κ1) is 18.6. The van der Waals surface area contributed by atoms with E-state index < -0.39 is 0 Å². The number of methoxy groups -OCH3 is 1. The van der Waals surface area contributed by atoms with Crippen LogP contribution in [0.3, 0.4) is 0 Å². The molecule has 2 rings (SSSR count). The average molecular weight is 348 g/mol. The van der Waals surface area contributed by atoms with Crippen LogP contribution in [0.15, 0.2) is 36.4 Å². The van der Waals surface area contributed by atoms with E-state index in [0.717, 1.165) is 11.1 Å². The molecule has 24 heavy (non-hydrogen) atoms. The minimum atomic E-state index is 0.0244. The van der Waals surface area contributed by atoms with E-state index in [2.05, 4.69) is 45.1 Å². The molecular formula is C20H26ClNO2. The van der Waals surface area contributed by atoms with Gasteiger partial charge in [-0.3, -0.25) is 0 Å². The van der Waals surface area contributed by atoms with Crippen molar-refractivity contribution in [2.75, 3.05) is 7.11 Å². The van der Waals surface area contributed by atoms with Gasteiger partial charge in [0.15, 0.2) is 11.5 Å². The Labute approximate surface area is 149 Å². The topological polar surface area (TPSA) is 30.5 Å². The van der Waals surface area contributed by atoms with Gasteiger partial charge in [-0.15, -0.1) is 0 Å². The molecule has 4 heteroatoms. The highest BCUT2D eigenvalue weighted by Crippen LogP contribution is 2.34. The van der Waals surface area contributed by atoms with Crippen LogP contribution in [0, 0.1) is 6.92 Å². The number of nitrogens with one attached hydrogen (secondary N) is 1. The predicted molar refractivity (Wildman–Crippen MR) is 100 cm³/mol. The molecule has 130 valence electrons. The molecule has 1 N–H and O–H groups in total. The van der Waals surface area contributed by atoms with Crippen LogP contribution in [-0.2, 0) is 13.2 Å². The highest BCUT2D eigenvalue weighted by atomic mass is 35.5. The third-order valence-corrected chi connectivity index (χ3v) is 4.14. The van der Waals surface area contributed by atoms with Gasteiger partial charge in [0.2, 0.25) is 0 Å². The van der Waals surface area contributed by atoms with Gasteiger partial charge in [-0.25, -0.2) is 0 Å². The van der Waals surface area contributed by atoms with Gasteiger partial charge in [0.1, 0.15) is 6.61 Å². The van der Waals surface area contributed by atoms with Crippen LogP contribution >= 0.6 is 11.6 Å². The van der Waals surface area contributed by atoms with Crippen LogP contribution in [0.1, 0.15) is 37.5 Å². The second-order valence-corrected chi connectivity index (χ2v) is 7.32. The van der Waals surface area contributed by atoms with Crippen molar-refractivity contribution in [3.63, 3.8) is 0 Å². The summed E-state index contributed by atoms with van der Waals surface area (Å²) < 4.78 is 11.4. The van der Waals surface area contributed by atoms with Gasteiger partial charge in [-0.2, -0.15) is 0 Å². The van der Waals surface area contributed by atoms with Crippen molar-refractivity contribution in [2.24, 2.45) is 0 Å². The van der Waals surface area contributed by atoms with Gasteiger partial charge in [-0.1, -0.05) is 35.9 Å². The van der Waals surface area contributed by atoms with Gasteiger partial charge in [0.05, 0.1) is 7.11 Å². The summed E-state index contributed by atoms with van der Waals surface area (Å²) in [7, 11) is 1.64. The molecular weight excluding hydrogens is 322 g/mol. The van der Waals surface area contributed by atoms with E-state index in [-0.39, 0.29) is 5.54 Å². The zero-order chi connectivity index (χ0) is 17.7. The van der Waals surface area contributed by atoms with Crippen LogP contribution < -0.4 is 14.8 Å². The number of hydrogen-bond donors (Lipinski definition) is 1. The summed E-state index contributed by atoms with van der Waals surface area (Å²) in [5, 5.41) is 4.11. The fourth-order valence-corrected chi connectivity index (χ4v) is 2.49. The Bertz CT molecular complexity index is 693. The van der Waals surface area contributed by atoms with Crippen molar-refractivity contribution in [3.8, 4) is 11.5 Å². The maximum Gasteiger partial charge on any atom is 0.163 e. The van der Waals surface area contributed by atoms with E-state index in [4.69, 9.17) is 21.1 Å². The summed E-state index contributed by atoms with van der Waals surface area (Å²) in [6, 6.07) is 11.9. The standard InChI is InChI=1S/C20H26ClNO2/c1-14-8-6-7-9-15(14)13-24-19-11-17(21)16(10-18(19)23-5)12-22-20(2,3)4/h6-11,22H,12-13H2,1-5H3. The maximum atomic E-state index is 6.42. The largest absolute Gasteiger partial charge is 0.493 e. The monoisotopic (exact) mass is 347 g/mol. The van der Waals surface area contributed by atoms with Crippen LogP contribution in [0.25, 0.3) is 0 Å². The van der Waals surface area contributed by atoms with Crippen molar-refractivity contribution in [1.82, 2.24) is 5.32 Å². The number of aryl methyl sites for hydroxylation is 1. The number of benzene rings is 2. The van der Waals surface area contributed by atoms with E-state index in [9.17, 15) is 0 Å². The summed E-state index contributed by atoms with van der Waals surface area (Å²) >= 11 is 6.42. The van der Waals surface area contributed by atoms with Crippen molar-refractivity contribution in [2.45, 2.75) is 46.4 Å². The lowest BCUT2D eigenvalue weighted by Gasteiger charge is -2.21. The molecule has 0 saturated heterocycles. The van der Waals surface area contributed by atoms with Gasteiger partial charge >= 0.3 is 0 Å². The fraction of sp³-hybridized carbons (Fsp3) is 0.400. The van der Waals surface area contributed by atoms with Crippen molar-refractivity contribution in [3.05, 3.63) is 58.1 Å². The lowest BCUT2D eigenvalue weighted by molar-refractivity contribution is 0.283. The predicted octanol–water partition coefficient (Wildman–Crippen LogP) is 5.12. The van der Waals surface area contributed by atoms with Crippen LogP contribution in [0.5, 0.6) is 11.5 Å². The highest BCUT2D eigenvalue weighted by Gasteiger charge is 2.14. The lowest BCUT2D eigenvalue weighted by Crippen LogP contribution is -2.35. The van der Waals surface area contributed by atoms with Gasteiger partial charge in [0, 0.05) is 23.2 Å². The molecule has 2 aromatic carbocycles. The zero-order valence-electron chi connectivity index (χ0n) is 15.1. The van der Waals surface area contributed by atoms with E-state index >= 15 is 0 Å². The first-order valence-electron chi connectivity index (χ1n) is 8.09. The molecule has 0 aliphatic carbocycles.